The van der Waals surface area contributed by atoms with Gasteiger partial charge in [-0.05, 0) is 31.9 Å². The summed E-state index contributed by atoms with van der Waals surface area (Å²) in [6.07, 6.45) is 0.816. The minimum Gasteiger partial charge on any atom is -0.481 e. The van der Waals surface area contributed by atoms with Crippen LogP contribution >= 0.6 is 0 Å². The van der Waals surface area contributed by atoms with Gasteiger partial charge in [0.05, 0.1) is 5.41 Å². The van der Waals surface area contributed by atoms with Crippen LogP contribution in [0.4, 0.5) is 8.78 Å². The lowest BCUT2D eigenvalue weighted by Gasteiger charge is -2.20. The number of hydrogen-bond donors (Lipinski definition) is 1. The van der Waals surface area contributed by atoms with Crippen LogP contribution in [0.15, 0.2) is 18.2 Å². The second kappa shape index (κ2) is 5.04. The molecule has 0 spiro atoms. The number of likely N-dealkylation sites (tertiary alicyclic amines) is 1. The lowest BCUT2D eigenvalue weighted by Crippen LogP contribution is -2.35. The summed E-state index contributed by atoms with van der Waals surface area (Å²) in [5.41, 5.74) is -0.954. The first kappa shape index (κ1) is 14.9. The smallest absolute Gasteiger partial charge is 0.311 e. The number of carboxylic acid groups (broad SMARTS) is 1. The van der Waals surface area contributed by atoms with Crippen LogP contribution in [0.3, 0.4) is 0 Å². The SMILES string of the molecule is C[C@]1(C(=O)O)CCN(C(=O)[C@H]2C[C@H]2c2c(F)cccc2F)C1. The van der Waals surface area contributed by atoms with Gasteiger partial charge in [-0.1, -0.05) is 6.07 Å². The fraction of sp³-hybridized carbons (Fsp3) is 0.500. The highest BCUT2D eigenvalue weighted by Gasteiger charge is 2.51. The zero-order valence-electron chi connectivity index (χ0n) is 12.2. The van der Waals surface area contributed by atoms with E-state index in [2.05, 4.69) is 0 Å². The van der Waals surface area contributed by atoms with Gasteiger partial charge in [-0.15, -0.1) is 0 Å². The highest BCUT2D eigenvalue weighted by molar-refractivity contribution is 5.85. The Bertz CT molecular complexity index is 628. The maximum atomic E-state index is 13.7. The Morgan fingerprint density at radius 3 is 2.50 bits per heavy atom. The zero-order chi connectivity index (χ0) is 16.1. The van der Waals surface area contributed by atoms with E-state index in [1.165, 1.54) is 23.1 Å². The normalized spacial score (nSPS) is 30.4. The van der Waals surface area contributed by atoms with Gasteiger partial charge in [-0.25, -0.2) is 8.78 Å². The number of carboxylic acids is 1. The Kier molecular flexibility index (Phi) is 3.42. The molecular formula is C16H17F2NO3. The Labute approximate surface area is 126 Å². The second-order valence-corrected chi connectivity index (χ2v) is 6.46. The molecule has 4 nitrogen and oxygen atoms in total. The van der Waals surface area contributed by atoms with E-state index < -0.39 is 34.9 Å². The Balaban J connectivity index is 1.71. The summed E-state index contributed by atoms with van der Waals surface area (Å²) < 4.78 is 27.5. The number of halogens is 2. The number of amides is 1. The van der Waals surface area contributed by atoms with Gasteiger partial charge in [0.1, 0.15) is 11.6 Å². The van der Waals surface area contributed by atoms with Crippen molar-refractivity contribution in [3.05, 3.63) is 35.4 Å². The predicted octanol–water partition coefficient (Wildman–Crippen LogP) is 2.39. The maximum Gasteiger partial charge on any atom is 0.311 e. The monoisotopic (exact) mass is 309 g/mol. The van der Waals surface area contributed by atoms with Crippen LogP contribution in [0.2, 0.25) is 0 Å². The Morgan fingerprint density at radius 2 is 1.95 bits per heavy atom. The summed E-state index contributed by atoms with van der Waals surface area (Å²) >= 11 is 0. The lowest BCUT2D eigenvalue weighted by molar-refractivity contribution is -0.147. The summed E-state index contributed by atoms with van der Waals surface area (Å²) in [5.74, 6) is -3.25. The average molecular weight is 309 g/mol. The summed E-state index contributed by atoms with van der Waals surface area (Å²) in [4.78, 5) is 25.1. The van der Waals surface area contributed by atoms with Gasteiger partial charge in [0.15, 0.2) is 0 Å². The lowest BCUT2D eigenvalue weighted by atomic mass is 9.90. The van der Waals surface area contributed by atoms with Crippen molar-refractivity contribution >= 4 is 11.9 Å². The molecule has 0 radical (unpaired) electrons. The molecule has 0 bridgehead atoms. The van der Waals surface area contributed by atoms with Gasteiger partial charge in [-0.3, -0.25) is 9.59 Å². The third-order valence-electron chi connectivity index (χ3n) is 4.78. The molecule has 3 rings (SSSR count). The largest absolute Gasteiger partial charge is 0.481 e. The number of nitrogens with zero attached hydrogens (tertiary/aromatic N) is 1. The quantitative estimate of drug-likeness (QED) is 0.932. The third kappa shape index (κ3) is 2.36. The molecule has 1 heterocycles. The summed E-state index contributed by atoms with van der Waals surface area (Å²) in [6, 6.07) is 3.68. The van der Waals surface area contributed by atoms with Crippen LogP contribution in [0.25, 0.3) is 0 Å². The van der Waals surface area contributed by atoms with Crippen molar-refractivity contribution in [3.8, 4) is 0 Å². The molecule has 0 aromatic heterocycles. The fourth-order valence-corrected chi connectivity index (χ4v) is 3.21. The predicted molar refractivity (Wildman–Crippen MR) is 74.1 cm³/mol. The average Bonchev–Trinajstić information content (AvgIpc) is 3.12. The molecule has 3 atom stereocenters. The van der Waals surface area contributed by atoms with Crippen molar-refractivity contribution in [2.45, 2.75) is 25.7 Å². The number of carbonyl (C=O) groups is 2. The van der Waals surface area contributed by atoms with Crippen LogP contribution in [0, 0.1) is 23.0 Å². The molecule has 1 saturated heterocycles. The highest BCUT2D eigenvalue weighted by Crippen LogP contribution is 2.50. The van der Waals surface area contributed by atoms with Crippen molar-refractivity contribution in [2.75, 3.05) is 13.1 Å². The molecule has 1 N–H and O–H groups in total. The highest BCUT2D eigenvalue weighted by atomic mass is 19.1. The molecule has 1 aromatic rings. The molecule has 22 heavy (non-hydrogen) atoms. The summed E-state index contributed by atoms with van der Waals surface area (Å²) in [7, 11) is 0. The van der Waals surface area contributed by atoms with Crippen molar-refractivity contribution in [2.24, 2.45) is 11.3 Å². The second-order valence-electron chi connectivity index (χ2n) is 6.46. The van der Waals surface area contributed by atoms with Crippen LogP contribution in [-0.2, 0) is 9.59 Å². The van der Waals surface area contributed by atoms with E-state index >= 15 is 0 Å². The molecular weight excluding hydrogens is 292 g/mol. The minimum absolute atomic E-state index is 0.0268. The van der Waals surface area contributed by atoms with Crippen LogP contribution in [0.5, 0.6) is 0 Å². The molecule has 2 fully saturated rings. The van der Waals surface area contributed by atoms with E-state index in [-0.39, 0.29) is 18.0 Å². The van der Waals surface area contributed by atoms with Gasteiger partial charge in [0.2, 0.25) is 5.91 Å². The van der Waals surface area contributed by atoms with Crippen molar-refractivity contribution < 1.29 is 23.5 Å². The summed E-state index contributed by atoms with van der Waals surface area (Å²) in [5, 5.41) is 9.19. The van der Waals surface area contributed by atoms with Crippen LogP contribution in [0.1, 0.15) is 31.2 Å². The topological polar surface area (TPSA) is 57.6 Å². The number of benzene rings is 1. The van der Waals surface area contributed by atoms with Gasteiger partial charge in [0.25, 0.3) is 0 Å². The maximum absolute atomic E-state index is 13.7. The van der Waals surface area contributed by atoms with E-state index in [9.17, 15) is 23.5 Å². The Morgan fingerprint density at radius 1 is 1.32 bits per heavy atom. The first-order valence-electron chi connectivity index (χ1n) is 7.29. The van der Waals surface area contributed by atoms with Gasteiger partial charge in [-0.2, -0.15) is 0 Å². The van der Waals surface area contributed by atoms with Gasteiger partial charge >= 0.3 is 5.97 Å². The molecule has 1 aliphatic carbocycles. The van der Waals surface area contributed by atoms with Crippen LogP contribution in [-0.4, -0.2) is 35.0 Å². The van der Waals surface area contributed by atoms with E-state index in [4.69, 9.17) is 0 Å². The first-order valence-corrected chi connectivity index (χ1v) is 7.29. The fourth-order valence-electron chi connectivity index (χ4n) is 3.21. The number of hydrogen-bond acceptors (Lipinski definition) is 2. The van der Waals surface area contributed by atoms with Crippen LogP contribution < -0.4 is 0 Å². The molecule has 1 amide bonds. The molecule has 6 heteroatoms. The molecule has 1 aromatic carbocycles. The van der Waals surface area contributed by atoms with E-state index in [0.717, 1.165) is 0 Å². The van der Waals surface area contributed by atoms with E-state index in [0.29, 0.717) is 19.4 Å². The minimum atomic E-state index is -0.927. The van der Waals surface area contributed by atoms with E-state index in [1.54, 1.807) is 6.92 Å². The number of aliphatic carboxylic acids is 1. The molecule has 0 unspecified atom stereocenters. The van der Waals surface area contributed by atoms with Gasteiger partial charge in [0, 0.05) is 30.5 Å². The molecule has 2 aliphatic rings. The number of carbonyl (C=O) groups excluding carboxylic acids is 1. The standard InChI is InChI=1S/C16H17F2NO3/c1-16(15(21)22)5-6-19(8-16)14(20)10-7-9(10)13-11(17)3-2-4-12(13)18/h2-4,9-10H,5-8H2,1H3,(H,21,22)/t9-,10+,16+/m1/s1. The summed E-state index contributed by atoms with van der Waals surface area (Å²) in [6.45, 7) is 2.15. The third-order valence-corrected chi connectivity index (χ3v) is 4.78. The van der Waals surface area contributed by atoms with E-state index in [1.807, 2.05) is 0 Å². The van der Waals surface area contributed by atoms with Gasteiger partial charge < -0.3 is 10.0 Å². The first-order chi connectivity index (χ1) is 10.3. The molecule has 1 saturated carbocycles. The zero-order valence-corrected chi connectivity index (χ0v) is 12.2. The Hall–Kier alpha value is -1.98. The number of rotatable bonds is 3. The van der Waals surface area contributed by atoms with Crippen molar-refractivity contribution in [1.82, 2.24) is 4.90 Å². The van der Waals surface area contributed by atoms with Crippen molar-refractivity contribution in [1.29, 1.82) is 0 Å². The van der Waals surface area contributed by atoms with Crippen molar-refractivity contribution in [3.63, 3.8) is 0 Å². The molecule has 1 aliphatic heterocycles. The molecule has 118 valence electrons.